The largest absolute Gasteiger partial charge is 0.411 e. The second-order valence-corrected chi connectivity index (χ2v) is 2.68. The van der Waals surface area contributed by atoms with E-state index >= 15 is 0 Å². The summed E-state index contributed by atoms with van der Waals surface area (Å²) in [7, 11) is 0. The first-order valence-electron chi connectivity index (χ1n) is 3.94. The van der Waals surface area contributed by atoms with Crippen LogP contribution in [0.4, 0.5) is 13.2 Å². The van der Waals surface area contributed by atoms with E-state index in [1.165, 1.54) is 19.3 Å². The summed E-state index contributed by atoms with van der Waals surface area (Å²) in [6, 6.07) is 1.58. The number of nitrogens with zero attached hydrogens (tertiary/aromatic N) is 2. The van der Waals surface area contributed by atoms with Gasteiger partial charge in [0.1, 0.15) is 12.7 Å². The maximum Gasteiger partial charge on any atom is 0.411 e. The lowest BCUT2D eigenvalue weighted by molar-refractivity contribution is -0.185. The fourth-order valence-corrected chi connectivity index (χ4v) is 0.815. The van der Waals surface area contributed by atoms with E-state index in [1.807, 2.05) is 0 Å². The molecular weight excluding hydrogens is 197 g/mol. The third kappa shape index (κ3) is 3.69. The second-order valence-electron chi connectivity index (χ2n) is 2.68. The van der Waals surface area contributed by atoms with Gasteiger partial charge in [-0.3, -0.25) is 0 Å². The minimum atomic E-state index is -4.32. The standard InChI is InChI=1S/C8H9F3N2O/c1-6(14-5-8(9,10)11)7-12-3-2-4-13-7/h2-4,6H,5H2,1H3. The molecule has 0 aliphatic carbocycles. The van der Waals surface area contributed by atoms with Gasteiger partial charge in [0.2, 0.25) is 0 Å². The molecule has 0 bridgehead atoms. The minimum absolute atomic E-state index is 0.247. The zero-order valence-corrected chi connectivity index (χ0v) is 7.45. The van der Waals surface area contributed by atoms with Gasteiger partial charge in [-0.15, -0.1) is 0 Å². The monoisotopic (exact) mass is 206 g/mol. The van der Waals surface area contributed by atoms with Crippen LogP contribution in [0.25, 0.3) is 0 Å². The Morgan fingerprint density at radius 2 is 1.93 bits per heavy atom. The van der Waals surface area contributed by atoms with Crippen molar-refractivity contribution in [3.63, 3.8) is 0 Å². The molecule has 1 rings (SSSR count). The Labute approximate surface area is 78.9 Å². The highest BCUT2D eigenvalue weighted by Gasteiger charge is 2.29. The van der Waals surface area contributed by atoms with E-state index < -0.39 is 18.9 Å². The minimum Gasteiger partial charge on any atom is -0.361 e. The number of alkyl halides is 3. The van der Waals surface area contributed by atoms with Crippen molar-refractivity contribution < 1.29 is 17.9 Å². The predicted molar refractivity (Wildman–Crippen MR) is 42.5 cm³/mol. The summed E-state index contributed by atoms with van der Waals surface area (Å²) in [5, 5.41) is 0. The van der Waals surface area contributed by atoms with Crippen molar-refractivity contribution in [3.8, 4) is 0 Å². The van der Waals surface area contributed by atoms with E-state index in [0.717, 1.165) is 0 Å². The Bertz CT molecular complexity index is 276. The van der Waals surface area contributed by atoms with Crippen LogP contribution >= 0.6 is 0 Å². The summed E-state index contributed by atoms with van der Waals surface area (Å²) in [5.74, 6) is 0.247. The van der Waals surface area contributed by atoms with Gasteiger partial charge in [0.25, 0.3) is 0 Å². The molecule has 78 valence electrons. The number of hydrogen-bond acceptors (Lipinski definition) is 3. The zero-order chi connectivity index (χ0) is 10.6. The predicted octanol–water partition coefficient (Wildman–Crippen LogP) is 2.12. The lowest BCUT2D eigenvalue weighted by Gasteiger charge is -2.12. The number of rotatable bonds is 3. The third-order valence-electron chi connectivity index (χ3n) is 1.45. The first-order chi connectivity index (χ1) is 6.49. The van der Waals surface area contributed by atoms with E-state index in [9.17, 15) is 13.2 Å². The van der Waals surface area contributed by atoms with Crippen molar-refractivity contribution >= 4 is 0 Å². The Morgan fingerprint density at radius 1 is 1.36 bits per heavy atom. The Balaban J connectivity index is 2.48. The van der Waals surface area contributed by atoms with Crippen LogP contribution < -0.4 is 0 Å². The average Bonchev–Trinajstić information content (AvgIpc) is 2.14. The molecule has 0 spiro atoms. The van der Waals surface area contributed by atoms with Crippen molar-refractivity contribution in [1.82, 2.24) is 9.97 Å². The maximum atomic E-state index is 11.8. The van der Waals surface area contributed by atoms with Gasteiger partial charge in [-0.25, -0.2) is 9.97 Å². The van der Waals surface area contributed by atoms with Gasteiger partial charge in [-0.1, -0.05) is 0 Å². The molecule has 0 amide bonds. The summed E-state index contributed by atoms with van der Waals surface area (Å²) < 4.78 is 39.8. The lowest BCUT2D eigenvalue weighted by atomic mass is 10.4. The summed E-state index contributed by atoms with van der Waals surface area (Å²) in [6.07, 6.45) is -2.16. The fraction of sp³-hybridized carbons (Fsp3) is 0.500. The van der Waals surface area contributed by atoms with Crippen molar-refractivity contribution in [2.45, 2.75) is 19.2 Å². The highest BCUT2D eigenvalue weighted by molar-refractivity contribution is 4.91. The molecule has 6 heteroatoms. The lowest BCUT2D eigenvalue weighted by Crippen LogP contribution is -2.19. The van der Waals surface area contributed by atoms with Crippen LogP contribution in [0, 0.1) is 0 Å². The van der Waals surface area contributed by atoms with Crippen LogP contribution in [0.3, 0.4) is 0 Å². The maximum absolute atomic E-state index is 11.8. The molecule has 14 heavy (non-hydrogen) atoms. The normalized spacial score (nSPS) is 14.0. The number of aromatic nitrogens is 2. The SMILES string of the molecule is CC(OCC(F)(F)F)c1ncccn1. The van der Waals surface area contributed by atoms with Crippen molar-refractivity contribution in [2.24, 2.45) is 0 Å². The van der Waals surface area contributed by atoms with Crippen molar-refractivity contribution in [2.75, 3.05) is 6.61 Å². The van der Waals surface area contributed by atoms with E-state index in [1.54, 1.807) is 6.07 Å². The zero-order valence-electron chi connectivity index (χ0n) is 7.45. The molecule has 0 saturated heterocycles. The van der Waals surface area contributed by atoms with Gasteiger partial charge < -0.3 is 4.74 Å². The van der Waals surface area contributed by atoms with Gasteiger partial charge >= 0.3 is 6.18 Å². The smallest absolute Gasteiger partial charge is 0.361 e. The molecule has 0 radical (unpaired) electrons. The molecule has 0 fully saturated rings. The molecule has 1 heterocycles. The van der Waals surface area contributed by atoms with Crippen LogP contribution in [0.15, 0.2) is 18.5 Å². The number of ether oxygens (including phenoxy) is 1. The summed E-state index contributed by atoms with van der Waals surface area (Å²) in [4.78, 5) is 7.55. The number of hydrogen-bond donors (Lipinski definition) is 0. The van der Waals surface area contributed by atoms with E-state index in [-0.39, 0.29) is 5.82 Å². The number of halogens is 3. The molecule has 1 unspecified atom stereocenters. The Hall–Kier alpha value is -1.17. The molecule has 0 aliphatic rings. The fourth-order valence-electron chi connectivity index (χ4n) is 0.815. The van der Waals surface area contributed by atoms with Gasteiger partial charge in [0.15, 0.2) is 5.82 Å². The molecule has 1 aromatic rings. The van der Waals surface area contributed by atoms with Gasteiger partial charge in [0, 0.05) is 12.4 Å². The molecular formula is C8H9F3N2O. The quantitative estimate of drug-likeness (QED) is 0.759. The molecule has 3 nitrogen and oxygen atoms in total. The highest BCUT2D eigenvalue weighted by Crippen LogP contribution is 2.19. The molecule has 1 aromatic heterocycles. The molecule has 0 aliphatic heterocycles. The average molecular weight is 206 g/mol. The second kappa shape index (κ2) is 4.36. The van der Waals surface area contributed by atoms with E-state index in [2.05, 4.69) is 14.7 Å². The van der Waals surface area contributed by atoms with Crippen LogP contribution in [0.5, 0.6) is 0 Å². The molecule has 0 N–H and O–H groups in total. The van der Waals surface area contributed by atoms with Gasteiger partial charge in [0.05, 0.1) is 0 Å². The van der Waals surface area contributed by atoms with Crippen molar-refractivity contribution in [1.29, 1.82) is 0 Å². The first-order valence-corrected chi connectivity index (χ1v) is 3.94. The van der Waals surface area contributed by atoms with E-state index in [0.29, 0.717) is 0 Å². The van der Waals surface area contributed by atoms with Gasteiger partial charge in [-0.2, -0.15) is 13.2 Å². The Kier molecular flexibility index (Phi) is 3.40. The molecule has 0 aromatic carbocycles. The summed E-state index contributed by atoms with van der Waals surface area (Å²) in [6.45, 7) is 0.188. The summed E-state index contributed by atoms with van der Waals surface area (Å²) >= 11 is 0. The Morgan fingerprint density at radius 3 is 2.43 bits per heavy atom. The topological polar surface area (TPSA) is 35.0 Å². The highest BCUT2D eigenvalue weighted by atomic mass is 19.4. The first kappa shape index (κ1) is 10.9. The van der Waals surface area contributed by atoms with Crippen LogP contribution in [0.2, 0.25) is 0 Å². The molecule has 0 saturated carbocycles. The van der Waals surface area contributed by atoms with E-state index in [4.69, 9.17) is 0 Å². The summed E-state index contributed by atoms with van der Waals surface area (Å²) in [5.41, 5.74) is 0. The van der Waals surface area contributed by atoms with Crippen LogP contribution in [-0.4, -0.2) is 22.8 Å². The van der Waals surface area contributed by atoms with Crippen LogP contribution in [0.1, 0.15) is 18.9 Å². The third-order valence-corrected chi connectivity index (χ3v) is 1.45. The molecule has 1 atom stereocenters. The van der Waals surface area contributed by atoms with Gasteiger partial charge in [-0.05, 0) is 13.0 Å². The van der Waals surface area contributed by atoms with Crippen LogP contribution in [-0.2, 0) is 4.74 Å². The van der Waals surface area contributed by atoms with Crippen molar-refractivity contribution in [3.05, 3.63) is 24.3 Å².